The van der Waals surface area contributed by atoms with E-state index in [4.69, 9.17) is 16.3 Å². The molecule has 1 saturated heterocycles. The molecule has 0 radical (unpaired) electrons. The van der Waals surface area contributed by atoms with Crippen molar-refractivity contribution >= 4 is 29.0 Å². The van der Waals surface area contributed by atoms with Gasteiger partial charge in [0.25, 0.3) is 5.69 Å². The van der Waals surface area contributed by atoms with Gasteiger partial charge in [-0.05, 0) is 6.92 Å². The number of rotatable bonds is 4. The zero-order chi connectivity index (χ0) is 15.4. The molecule has 0 spiro atoms. The van der Waals surface area contributed by atoms with Crippen LogP contribution in [-0.4, -0.2) is 53.1 Å². The standard InChI is InChI=1S/C12H15ClN4O4/c1-8(12(18)16-2-4-21-5-3-16)14-11-7-9(17(19)20)6-10(13)15-11/h6-8H,2-5H2,1H3,(H,14,15). The summed E-state index contributed by atoms with van der Waals surface area (Å²) in [4.78, 5) is 28.1. The van der Waals surface area contributed by atoms with Gasteiger partial charge in [-0.25, -0.2) is 4.98 Å². The fraction of sp³-hybridized carbons (Fsp3) is 0.500. The van der Waals surface area contributed by atoms with Crippen LogP contribution in [0.5, 0.6) is 0 Å². The quantitative estimate of drug-likeness (QED) is 0.511. The van der Waals surface area contributed by atoms with Gasteiger partial charge in [0.15, 0.2) is 0 Å². The lowest BCUT2D eigenvalue weighted by atomic mass is 10.2. The van der Waals surface area contributed by atoms with Crippen molar-refractivity contribution in [3.63, 3.8) is 0 Å². The number of hydrogen-bond donors (Lipinski definition) is 1. The lowest BCUT2D eigenvalue weighted by molar-refractivity contribution is -0.384. The van der Waals surface area contributed by atoms with Crippen LogP contribution in [0.4, 0.5) is 11.5 Å². The van der Waals surface area contributed by atoms with Gasteiger partial charge in [-0.1, -0.05) is 11.6 Å². The number of pyridine rings is 1. The third-order valence-corrected chi connectivity index (χ3v) is 3.24. The number of carbonyl (C=O) groups is 1. The van der Waals surface area contributed by atoms with Crippen LogP contribution in [0.1, 0.15) is 6.92 Å². The van der Waals surface area contributed by atoms with Gasteiger partial charge in [-0.2, -0.15) is 0 Å². The summed E-state index contributed by atoms with van der Waals surface area (Å²) in [5.74, 6) is 0.0889. The number of amides is 1. The van der Waals surface area contributed by atoms with Gasteiger partial charge >= 0.3 is 0 Å². The van der Waals surface area contributed by atoms with Crippen LogP contribution in [0.15, 0.2) is 12.1 Å². The number of ether oxygens (including phenoxy) is 1. The molecular formula is C12H15ClN4O4. The summed E-state index contributed by atoms with van der Waals surface area (Å²) < 4.78 is 5.19. The van der Waals surface area contributed by atoms with Gasteiger partial charge in [-0.15, -0.1) is 0 Å². The van der Waals surface area contributed by atoms with Crippen molar-refractivity contribution in [2.45, 2.75) is 13.0 Å². The van der Waals surface area contributed by atoms with Crippen molar-refractivity contribution in [3.05, 3.63) is 27.4 Å². The Hall–Kier alpha value is -1.93. The molecule has 9 heteroatoms. The molecule has 1 fully saturated rings. The average Bonchev–Trinajstić information content (AvgIpc) is 2.46. The highest BCUT2D eigenvalue weighted by Gasteiger charge is 2.23. The van der Waals surface area contributed by atoms with Crippen molar-refractivity contribution in [1.29, 1.82) is 0 Å². The van der Waals surface area contributed by atoms with E-state index in [1.54, 1.807) is 11.8 Å². The molecule has 114 valence electrons. The minimum absolute atomic E-state index is 0.00211. The van der Waals surface area contributed by atoms with E-state index in [0.29, 0.717) is 26.3 Å². The molecule has 1 aromatic rings. The predicted molar refractivity (Wildman–Crippen MR) is 76.4 cm³/mol. The van der Waals surface area contributed by atoms with Gasteiger partial charge in [-0.3, -0.25) is 14.9 Å². The normalized spacial score (nSPS) is 16.4. The van der Waals surface area contributed by atoms with E-state index in [9.17, 15) is 14.9 Å². The highest BCUT2D eigenvalue weighted by molar-refractivity contribution is 6.29. The van der Waals surface area contributed by atoms with E-state index in [1.807, 2.05) is 0 Å². The molecule has 1 aromatic heterocycles. The molecule has 2 rings (SSSR count). The van der Waals surface area contributed by atoms with Crippen LogP contribution in [0.3, 0.4) is 0 Å². The topological polar surface area (TPSA) is 97.6 Å². The zero-order valence-corrected chi connectivity index (χ0v) is 12.2. The molecule has 8 nitrogen and oxygen atoms in total. The molecule has 21 heavy (non-hydrogen) atoms. The summed E-state index contributed by atoms with van der Waals surface area (Å²) in [5.41, 5.74) is -0.177. The number of aromatic nitrogens is 1. The van der Waals surface area contributed by atoms with Crippen LogP contribution in [0, 0.1) is 10.1 Å². The van der Waals surface area contributed by atoms with E-state index >= 15 is 0 Å². The van der Waals surface area contributed by atoms with E-state index in [0.717, 1.165) is 6.07 Å². The second kappa shape index (κ2) is 6.68. The maximum Gasteiger partial charge on any atom is 0.276 e. The van der Waals surface area contributed by atoms with Gasteiger partial charge in [0.1, 0.15) is 17.0 Å². The van der Waals surface area contributed by atoms with E-state index in [-0.39, 0.29) is 22.6 Å². The maximum absolute atomic E-state index is 12.2. The summed E-state index contributed by atoms with van der Waals surface area (Å²) in [5, 5.41) is 13.6. The molecule has 1 amide bonds. The molecule has 0 bridgehead atoms. The first-order valence-corrected chi connectivity index (χ1v) is 6.80. The van der Waals surface area contributed by atoms with Crippen molar-refractivity contribution < 1.29 is 14.5 Å². The molecule has 1 aliphatic heterocycles. The smallest absolute Gasteiger partial charge is 0.276 e. The minimum atomic E-state index is -0.562. The van der Waals surface area contributed by atoms with Crippen LogP contribution >= 0.6 is 11.6 Å². The highest BCUT2D eigenvalue weighted by Crippen LogP contribution is 2.21. The molecule has 0 aromatic carbocycles. The Morgan fingerprint density at radius 2 is 2.19 bits per heavy atom. The first-order valence-electron chi connectivity index (χ1n) is 6.42. The molecular weight excluding hydrogens is 300 g/mol. The molecule has 2 heterocycles. The highest BCUT2D eigenvalue weighted by atomic mass is 35.5. The van der Waals surface area contributed by atoms with Crippen LogP contribution in [0.2, 0.25) is 5.15 Å². The summed E-state index contributed by atoms with van der Waals surface area (Å²) >= 11 is 5.74. The Morgan fingerprint density at radius 3 is 2.81 bits per heavy atom. The van der Waals surface area contributed by atoms with E-state index < -0.39 is 11.0 Å². The Bertz CT molecular complexity index is 548. The minimum Gasteiger partial charge on any atom is -0.378 e. The first kappa shape index (κ1) is 15.5. The lowest BCUT2D eigenvalue weighted by Crippen LogP contribution is -2.47. The summed E-state index contributed by atoms with van der Waals surface area (Å²) in [6.07, 6.45) is 0. The molecule has 0 aliphatic carbocycles. The van der Waals surface area contributed by atoms with Crippen molar-refractivity contribution in [3.8, 4) is 0 Å². The molecule has 1 unspecified atom stereocenters. The fourth-order valence-electron chi connectivity index (χ4n) is 2.00. The number of nitrogens with zero attached hydrogens (tertiary/aromatic N) is 3. The monoisotopic (exact) mass is 314 g/mol. The van der Waals surface area contributed by atoms with Crippen LogP contribution < -0.4 is 5.32 Å². The second-order valence-corrected chi connectivity index (χ2v) is 4.98. The largest absolute Gasteiger partial charge is 0.378 e. The molecule has 1 N–H and O–H groups in total. The Kier molecular flexibility index (Phi) is 4.92. The Labute approximate surface area is 126 Å². The number of halogens is 1. The third-order valence-electron chi connectivity index (χ3n) is 3.05. The second-order valence-electron chi connectivity index (χ2n) is 4.59. The summed E-state index contributed by atoms with van der Waals surface area (Å²) in [6.45, 7) is 3.77. The number of nitro groups is 1. The van der Waals surface area contributed by atoms with Crippen LogP contribution in [-0.2, 0) is 9.53 Å². The third kappa shape index (κ3) is 4.02. The van der Waals surface area contributed by atoms with E-state index in [2.05, 4.69) is 10.3 Å². The Morgan fingerprint density at radius 1 is 1.52 bits per heavy atom. The maximum atomic E-state index is 12.2. The predicted octanol–water partition coefficient (Wildman–Crippen LogP) is 1.30. The molecule has 0 saturated carbocycles. The van der Waals surface area contributed by atoms with Gasteiger partial charge in [0.2, 0.25) is 5.91 Å². The Balaban J connectivity index is 2.06. The number of anilines is 1. The summed E-state index contributed by atoms with van der Waals surface area (Å²) in [7, 11) is 0. The number of morpholine rings is 1. The molecule has 1 atom stereocenters. The van der Waals surface area contributed by atoms with E-state index in [1.165, 1.54) is 6.07 Å². The molecule has 1 aliphatic rings. The number of carbonyl (C=O) groups excluding carboxylic acids is 1. The van der Waals surface area contributed by atoms with Crippen molar-refractivity contribution in [1.82, 2.24) is 9.88 Å². The lowest BCUT2D eigenvalue weighted by Gasteiger charge is -2.29. The van der Waals surface area contributed by atoms with Crippen molar-refractivity contribution in [2.75, 3.05) is 31.6 Å². The van der Waals surface area contributed by atoms with Crippen LogP contribution in [0.25, 0.3) is 0 Å². The van der Waals surface area contributed by atoms with Gasteiger partial charge < -0.3 is 15.0 Å². The zero-order valence-electron chi connectivity index (χ0n) is 11.4. The number of nitrogens with one attached hydrogen (secondary N) is 1. The SMILES string of the molecule is CC(Nc1cc([N+](=O)[O-])cc(Cl)n1)C(=O)N1CCOCC1. The van der Waals surface area contributed by atoms with Crippen molar-refractivity contribution in [2.24, 2.45) is 0 Å². The first-order chi connectivity index (χ1) is 9.97. The average molecular weight is 315 g/mol. The van der Waals surface area contributed by atoms with Gasteiger partial charge in [0, 0.05) is 13.1 Å². The van der Waals surface area contributed by atoms with Gasteiger partial charge in [0.05, 0.1) is 30.3 Å². The summed E-state index contributed by atoms with van der Waals surface area (Å²) in [6, 6.07) is 1.84. The number of hydrogen-bond acceptors (Lipinski definition) is 6. The fourth-order valence-corrected chi connectivity index (χ4v) is 2.21.